The minimum absolute atomic E-state index is 0.0576. The average Bonchev–Trinajstić information content (AvgIpc) is 3.25. The predicted molar refractivity (Wildman–Crippen MR) is 138 cm³/mol. The van der Waals surface area contributed by atoms with E-state index in [1.54, 1.807) is 0 Å². The van der Waals surface area contributed by atoms with Crippen molar-refractivity contribution >= 4 is 17.2 Å². The van der Waals surface area contributed by atoms with Crippen molar-refractivity contribution in [3.63, 3.8) is 0 Å². The smallest absolute Gasteiger partial charge is 0.312 e. The fourth-order valence-corrected chi connectivity index (χ4v) is 6.02. The second-order valence-corrected chi connectivity index (χ2v) is 9.86. The Labute approximate surface area is 202 Å². The van der Waals surface area contributed by atoms with Crippen LogP contribution in [0.3, 0.4) is 0 Å². The summed E-state index contributed by atoms with van der Waals surface area (Å²) in [5.74, 6) is -0.820. The third kappa shape index (κ3) is 3.92. The van der Waals surface area contributed by atoms with Crippen LogP contribution in [0, 0.1) is 11.3 Å². The maximum atomic E-state index is 13.2. The highest BCUT2D eigenvalue weighted by molar-refractivity contribution is 5.85. The Balaban J connectivity index is 1.60. The van der Waals surface area contributed by atoms with Gasteiger partial charge in [-0.25, -0.2) is 0 Å². The molecule has 0 bridgehead atoms. The normalized spacial score (nSPS) is 24.4. The molecule has 1 aliphatic carbocycles. The van der Waals surface area contributed by atoms with Gasteiger partial charge >= 0.3 is 5.97 Å². The number of rotatable bonds is 6. The minimum atomic E-state index is -0.867. The van der Waals surface area contributed by atoms with E-state index in [0.717, 1.165) is 36.3 Å². The molecule has 0 aromatic heterocycles. The lowest BCUT2D eigenvalue weighted by molar-refractivity contribution is -0.151. The van der Waals surface area contributed by atoms with Gasteiger partial charge in [0.05, 0.1) is 5.41 Å². The molecule has 3 atom stereocenters. The molecule has 1 fully saturated rings. The van der Waals surface area contributed by atoms with Crippen LogP contribution in [0.4, 0.5) is 5.69 Å². The maximum absolute atomic E-state index is 13.2. The molecule has 0 amide bonds. The van der Waals surface area contributed by atoms with E-state index < -0.39 is 11.4 Å². The SMILES string of the molecule is CN(C)c1cccc(C2=CCC(c3ccccc3)C3(C(=O)O)CN(Cc4ccccc4)CC23)c1. The number of hydrogen-bond acceptors (Lipinski definition) is 3. The standard InChI is InChI=1S/C30H32N2O2/c1-31(2)25-15-9-14-24(18-25)26-16-17-27(23-12-7-4-8-13-23)30(29(33)34)21-32(20-28(26)30)19-22-10-5-3-6-11-22/h3-16,18,27-28H,17,19-21H2,1-2H3,(H,33,34). The fraction of sp³-hybridized carbons (Fsp3) is 0.300. The maximum Gasteiger partial charge on any atom is 0.312 e. The highest BCUT2D eigenvalue weighted by Gasteiger charge is 2.59. The molecule has 1 aliphatic heterocycles. The molecule has 0 radical (unpaired) electrons. The van der Waals surface area contributed by atoms with Gasteiger partial charge in [0, 0.05) is 51.3 Å². The van der Waals surface area contributed by atoms with Gasteiger partial charge in [0.1, 0.15) is 0 Å². The van der Waals surface area contributed by atoms with Crippen LogP contribution in [0.15, 0.2) is 91.0 Å². The van der Waals surface area contributed by atoms with Crippen molar-refractivity contribution < 1.29 is 9.90 Å². The lowest BCUT2D eigenvalue weighted by atomic mass is 9.59. The van der Waals surface area contributed by atoms with E-state index >= 15 is 0 Å². The molecule has 0 saturated carbocycles. The van der Waals surface area contributed by atoms with E-state index in [2.05, 4.69) is 76.5 Å². The number of carboxylic acid groups (broad SMARTS) is 1. The van der Waals surface area contributed by atoms with E-state index in [1.807, 2.05) is 38.4 Å². The zero-order valence-corrected chi connectivity index (χ0v) is 19.9. The second-order valence-electron chi connectivity index (χ2n) is 9.86. The second kappa shape index (κ2) is 9.11. The zero-order chi connectivity index (χ0) is 23.7. The Morgan fingerprint density at radius 3 is 2.35 bits per heavy atom. The zero-order valence-electron chi connectivity index (χ0n) is 19.9. The van der Waals surface area contributed by atoms with Gasteiger partial charge in [0.25, 0.3) is 0 Å². The highest BCUT2D eigenvalue weighted by atomic mass is 16.4. The Hall–Kier alpha value is -3.37. The van der Waals surface area contributed by atoms with Crippen LogP contribution in [-0.4, -0.2) is 43.2 Å². The van der Waals surface area contributed by atoms with Gasteiger partial charge in [0.2, 0.25) is 0 Å². The molecule has 1 heterocycles. The Bertz CT molecular complexity index is 1190. The highest BCUT2D eigenvalue weighted by Crippen LogP contribution is 2.57. The topological polar surface area (TPSA) is 43.8 Å². The minimum Gasteiger partial charge on any atom is -0.481 e. The summed E-state index contributed by atoms with van der Waals surface area (Å²) >= 11 is 0. The van der Waals surface area contributed by atoms with E-state index in [-0.39, 0.29) is 11.8 Å². The molecule has 3 aromatic carbocycles. The van der Waals surface area contributed by atoms with Gasteiger partial charge in [-0.05, 0) is 40.8 Å². The number of allylic oxidation sites excluding steroid dienone is 1. The molecular weight excluding hydrogens is 420 g/mol. The number of hydrogen-bond donors (Lipinski definition) is 1. The lowest BCUT2D eigenvalue weighted by Gasteiger charge is -2.42. The van der Waals surface area contributed by atoms with Crippen molar-refractivity contribution in [3.05, 3.63) is 108 Å². The number of likely N-dealkylation sites (tertiary alicyclic amines) is 1. The van der Waals surface area contributed by atoms with Gasteiger partial charge < -0.3 is 10.0 Å². The van der Waals surface area contributed by atoms with E-state index in [4.69, 9.17) is 0 Å². The monoisotopic (exact) mass is 452 g/mol. The summed E-state index contributed by atoms with van der Waals surface area (Å²) in [6.07, 6.45) is 3.04. The van der Waals surface area contributed by atoms with Crippen LogP contribution in [-0.2, 0) is 11.3 Å². The number of aliphatic carboxylic acids is 1. The van der Waals surface area contributed by atoms with Crippen LogP contribution in [0.5, 0.6) is 0 Å². The van der Waals surface area contributed by atoms with Crippen molar-refractivity contribution in [2.24, 2.45) is 11.3 Å². The molecule has 34 heavy (non-hydrogen) atoms. The van der Waals surface area contributed by atoms with Crippen molar-refractivity contribution in [2.45, 2.75) is 18.9 Å². The van der Waals surface area contributed by atoms with Gasteiger partial charge in [-0.15, -0.1) is 0 Å². The van der Waals surface area contributed by atoms with Crippen LogP contribution < -0.4 is 4.90 Å². The predicted octanol–water partition coefficient (Wildman–Crippen LogP) is 5.53. The van der Waals surface area contributed by atoms with Crippen LogP contribution in [0.25, 0.3) is 5.57 Å². The van der Waals surface area contributed by atoms with Gasteiger partial charge in [0.15, 0.2) is 0 Å². The van der Waals surface area contributed by atoms with Crippen molar-refractivity contribution in [1.82, 2.24) is 4.90 Å². The molecule has 0 spiro atoms. The third-order valence-electron chi connectivity index (χ3n) is 7.66. The number of anilines is 1. The third-order valence-corrected chi connectivity index (χ3v) is 7.66. The molecule has 2 aliphatic rings. The summed E-state index contributed by atoms with van der Waals surface area (Å²) in [5.41, 5.74) is 4.91. The van der Waals surface area contributed by atoms with Gasteiger partial charge in [-0.2, -0.15) is 0 Å². The summed E-state index contributed by atoms with van der Waals surface area (Å²) in [6.45, 7) is 2.05. The largest absolute Gasteiger partial charge is 0.481 e. The summed E-state index contributed by atoms with van der Waals surface area (Å²) in [7, 11) is 4.08. The van der Waals surface area contributed by atoms with Gasteiger partial charge in [-0.1, -0.05) is 78.9 Å². The number of carboxylic acids is 1. The number of carbonyl (C=O) groups is 1. The Morgan fingerprint density at radius 2 is 1.68 bits per heavy atom. The first-order valence-electron chi connectivity index (χ1n) is 12.0. The van der Waals surface area contributed by atoms with Crippen LogP contribution in [0.2, 0.25) is 0 Å². The first-order valence-corrected chi connectivity index (χ1v) is 12.0. The molecule has 174 valence electrons. The number of fused-ring (bicyclic) bond motifs is 1. The molecular formula is C30H32N2O2. The van der Waals surface area contributed by atoms with Crippen LogP contribution in [0.1, 0.15) is 29.0 Å². The molecule has 4 nitrogen and oxygen atoms in total. The number of nitrogens with zero attached hydrogens (tertiary/aromatic N) is 2. The summed E-state index contributed by atoms with van der Waals surface area (Å²) in [4.78, 5) is 17.7. The van der Waals surface area contributed by atoms with Crippen molar-refractivity contribution in [3.8, 4) is 0 Å². The van der Waals surface area contributed by atoms with Gasteiger partial charge in [-0.3, -0.25) is 9.69 Å². The van der Waals surface area contributed by atoms with E-state index in [9.17, 15) is 9.90 Å². The first kappa shape index (κ1) is 22.4. The van der Waals surface area contributed by atoms with Crippen molar-refractivity contribution in [1.29, 1.82) is 0 Å². The molecule has 3 aromatic rings. The quantitative estimate of drug-likeness (QED) is 0.534. The average molecular weight is 453 g/mol. The van der Waals surface area contributed by atoms with Crippen molar-refractivity contribution in [2.75, 3.05) is 32.1 Å². The molecule has 1 N–H and O–H groups in total. The Morgan fingerprint density at radius 1 is 0.971 bits per heavy atom. The van der Waals surface area contributed by atoms with Crippen LogP contribution >= 0.6 is 0 Å². The molecule has 4 heteroatoms. The number of benzene rings is 3. The molecule has 3 unspecified atom stereocenters. The summed E-state index contributed by atoms with van der Waals surface area (Å²) < 4.78 is 0. The lowest BCUT2D eigenvalue weighted by Crippen LogP contribution is -2.46. The molecule has 5 rings (SSSR count). The summed E-state index contributed by atoms with van der Waals surface area (Å²) in [5, 5.41) is 10.9. The van der Waals surface area contributed by atoms with E-state index in [1.165, 1.54) is 11.1 Å². The fourth-order valence-electron chi connectivity index (χ4n) is 6.02. The first-order chi connectivity index (χ1) is 16.5. The molecule has 1 saturated heterocycles. The van der Waals surface area contributed by atoms with E-state index in [0.29, 0.717) is 6.54 Å². The summed E-state index contributed by atoms with van der Waals surface area (Å²) in [6, 6.07) is 29.1. The Kier molecular flexibility index (Phi) is 6.01.